The van der Waals surface area contributed by atoms with Gasteiger partial charge in [-0.15, -0.1) is 0 Å². The van der Waals surface area contributed by atoms with Crippen LogP contribution in [0.15, 0.2) is 115 Å². The predicted octanol–water partition coefficient (Wildman–Crippen LogP) is 6.27. The molecule has 1 fully saturated rings. The summed E-state index contributed by atoms with van der Waals surface area (Å²) in [5.41, 5.74) is 7.48. The van der Waals surface area contributed by atoms with E-state index in [1.807, 2.05) is 91.0 Å². The van der Waals surface area contributed by atoms with Crippen LogP contribution < -0.4 is 10.4 Å². The van der Waals surface area contributed by atoms with E-state index in [1.165, 1.54) is 7.11 Å². The molecule has 4 aromatic carbocycles. The Balaban J connectivity index is 1.31. The van der Waals surface area contributed by atoms with Crippen molar-refractivity contribution in [2.45, 2.75) is 13.2 Å². The zero-order chi connectivity index (χ0) is 32.6. The number of ether oxygens (including phenoxy) is 2. The van der Waals surface area contributed by atoms with Crippen molar-refractivity contribution in [3.63, 3.8) is 0 Å². The molecular formula is C37H35N5O5. The Morgan fingerprint density at radius 3 is 2.09 bits per heavy atom. The maximum absolute atomic E-state index is 14.4. The molecule has 1 aromatic heterocycles. The minimum atomic E-state index is -0.733. The number of rotatable bonds is 7. The van der Waals surface area contributed by atoms with Gasteiger partial charge >= 0.3 is 12.2 Å². The molecule has 5 aromatic rings. The molecule has 1 aliphatic rings. The first kappa shape index (κ1) is 31.3. The Hall–Kier alpha value is -5.74. The number of hydrogen-bond acceptors (Lipinski definition) is 7. The van der Waals surface area contributed by atoms with E-state index in [0.717, 1.165) is 16.1 Å². The van der Waals surface area contributed by atoms with Crippen LogP contribution in [-0.2, 0) is 22.6 Å². The smallest absolute Gasteiger partial charge is 0.433 e. The first-order chi connectivity index (χ1) is 23.0. The van der Waals surface area contributed by atoms with Crippen molar-refractivity contribution in [1.82, 2.24) is 20.2 Å². The number of fused-ring (bicyclic) bond motifs is 1. The standard InChI is InChI=1S/C37H35N5O5/c1-46-37(45)42(29-17-9-4-10-18-29)39-35(43)33-30-19-11-12-20-32(30)38-34(28-15-7-3-8-16-28)31(33)25-40-21-23-41(24-22-40)36(44)47-26-27-13-5-2-6-14-27/h2-20H,21-26H2,1H3,(H,39,43). The van der Waals surface area contributed by atoms with Crippen molar-refractivity contribution in [3.8, 4) is 11.3 Å². The average molecular weight is 630 g/mol. The van der Waals surface area contributed by atoms with Crippen LogP contribution in [0, 0.1) is 0 Å². The number of piperazine rings is 1. The summed E-state index contributed by atoms with van der Waals surface area (Å²) in [6.07, 6.45) is -1.09. The van der Waals surface area contributed by atoms with Gasteiger partial charge in [0.2, 0.25) is 0 Å². The lowest BCUT2D eigenvalue weighted by Gasteiger charge is -2.35. The predicted molar refractivity (Wildman–Crippen MR) is 179 cm³/mol. The minimum Gasteiger partial charge on any atom is -0.451 e. The van der Waals surface area contributed by atoms with Crippen LogP contribution >= 0.6 is 0 Å². The number of benzene rings is 4. The van der Waals surface area contributed by atoms with Crippen LogP contribution in [0.1, 0.15) is 21.5 Å². The van der Waals surface area contributed by atoms with Crippen molar-refractivity contribution < 1.29 is 23.9 Å². The Kier molecular flexibility index (Phi) is 9.69. The summed E-state index contributed by atoms with van der Waals surface area (Å²) in [4.78, 5) is 49.0. The fourth-order valence-corrected chi connectivity index (χ4v) is 5.66. The fraction of sp³-hybridized carbons (Fsp3) is 0.189. The third kappa shape index (κ3) is 7.23. The molecule has 10 heteroatoms. The number of nitrogens with one attached hydrogen (secondary N) is 1. The second-order valence-corrected chi connectivity index (χ2v) is 11.1. The van der Waals surface area contributed by atoms with Crippen LogP contribution in [-0.4, -0.2) is 66.2 Å². The van der Waals surface area contributed by atoms with E-state index >= 15 is 0 Å². The highest BCUT2D eigenvalue weighted by Gasteiger charge is 2.29. The maximum Gasteiger partial charge on any atom is 0.433 e. The van der Waals surface area contributed by atoms with E-state index in [2.05, 4.69) is 10.3 Å². The van der Waals surface area contributed by atoms with Gasteiger partial charge in [0.25, 0.3) is 5.91 Å². The Morgan fingerprint density at radius 2 is 1.40 bits per heavy atom. The molecule has 10 nitrogen and oxygen atoms in total. The van der Waals surface area contributed by atoms with Gasteiger partial charge in [-0.05, 0) is 23.8 Å². The molecule has 0 aliphatic carbocycles. The van der Waals surface area contributed by atoms with Gasteiger partial charge in [-0.2, -0.15) is 5.01 Å². The number of nitrogens with zero attached hydrogens (tertiary/aromatic N) is 4. The maximum atomic E-state index is 14.4. The monoisotopic (exact) mass is 629 g/mol. The van der Waals surface area contributed by atoms with Gasteiger partial charge in [0, 0.05) is 49.2 Å². The van der Waals surface area contributed by atoms with E-state index in [9.17, 15) is 14.4 Å². The van der Waals surface area contributed by atoms with Gasteiger partial charge in [-0.25, -0.2) is 14.6 Å². The van der Waals surface area contributed by atoms with Crippen molar-refractivity contribution in [1.29, 1.82) is 0 Å². The first-order valence-electron chi connectivity index (χ1n) is 15.4. The highest BCUT2D eigenvalue weighted by Crippen LogP contribution is 2.32. The number of hydrogen-bond donors (Lipinski definition) is 1. The number of aromatic nitrogens is 1. The minimum absolute atomic E-state index is 0.215. The molecular weight excluding hydrogens is 594 g/mol. The summed E-state index contributed by atoms with van der Waals surface area (Å²) in [7, 11) is 1.27. The lowest BCUT2D eigenvalue weighted by atomic mass is 9.95. The molecule has 47 heavy (non-hydrogen) atoms. The van der Waals surface area contributed by atoms with Crippen LogP contribution in [0.2, 0.25) is 0 Å². The van der Waals surface area contributed by atoms with Crippen molar-refractivity contribution in [2.75, 3.05) is 38.3 Å². The lowest BCUT2D eigenvalue weighted by Crippen LogP contribution is -2.49. The first-order valence-corrected chi connectivity index (χ1v) is 15.4. The normalized spacial score (nSPS) is 13.2. The second-order valence-electron chi connectivity index (χ2n) is 11.1. The van der Waals surface area contributed by atoms with Gasteiger partial charge in [0.1, 0.15) is 6.61 Å². The summed E-state index contributed by atoms with van der Waals surface area (Å²) < 4.78 is 10.6. The average Bonchev–Trinajstić information content (AvgIpc) is 3.13. The topological polar surface area (TPSA) is 104 Å². The van der Waals surface area contributed by atoms with Crippen molar-refractivity contribution in [3.05, 3.63) is 132 Å². The Labute approximate surface area is 273 Å². The van der Waals surface area contributed by atoms with E-state index < -0.39 is 12.0 Å². The Morgan fingerprint density at radius 1 is 0.787 bits per heavy atom. The summed E-state index contributed by atoms with van der Waals surface area (Å²) in [5.74, 6) is -0.479. The third-order valence-electron chi connectivity index (χ3n) is 8.07. The summed E-state index contributed by atoms with van der Waals surface area (Å²) in [6, 6.07) is 35.6. The second kappa shape index (κ2) is 14.6. The van der Waals surface area contributed by atoms with Crippen LogP contribution in [0.5, 0.6) is 0 Å². The number of amides is 3. The quantitative estimate of drug-likeness (QED) is 0.212. The van der Waals surface area contributed by atoms with E-state index in [1.54, 1.807) is 29.2 Å². The number of carbonyl (C=O) groups excluding carboxylic acids is 3. The molecule has 0 atom stereocenters. The Bertz CT molecular complexity index is 1850. The molecule has 2 heterocycles. The number of hydrazine groups is 1. The molecule has 0 spiro atoms. The van der Waals surface area contributed by atoms with Gasteiger partial charge in [-0.3, -0.25) is 15.1 Å². The summed E-state index contributed by atoms with van der Waals surface area (Å²) in [6.45, 7) is 2.69. The molecule has 0 radical (unpaired) electrons. The zero-order valence-corrected chi connectivity index (χ0v) is 26.0. The highest BCUT2D eigenvalue weighted by atomic mass is 16.6. The van der Waals surface area contributed by atoms with E-state index in [4.69, 9.17) is 14.5 Å². The molecule has 3 amide bonds. The van der Waals surface area contributed by atoms with Gasteiger partial charge in [0.05, 0.1) is 29.6 Å². The largest absolute Gasteiger partial charge is 0.451 e. The molecule has 1 aliphatic heterocycles. The molecule has 0 unspecified atom stereocenters. The number of para-hydroxylation sites is 2. The van der Waals surface area contributed by atoms with Gasteiger partial charge < -0.3 is 14.4 Å². The molecule has 0 bridgehead atoms. The van der Waals surface area contributed by atoms with Crippen molar-refractivity contribution >= 4 is 34.7 Å². The van der Waals surface area contributed by atoms with Crippen molar-refractivity contribution in [2.24, 2.45) is 0 Å². The number of pyridine rings is 1. The number of carbonyl (C=O) groups is 3. The highest BCUT2D eigenvalue weighted by molar-refractivity contribution is 6.10. The molecule has 1 saturated heterocycles. The summed E-state index contributed by atoms with van der Waals surface area (Å²) in [5, 5.41) is 1.75. The molecule has 6 rings (SSSR count). The number of anilines is 1. The van der Waals surface area contributed by atoms with E-state index in [-0.39, 0.29) is 12.7 Å². The van der Waals surface area contributed by atoms with Gasteiger partial charge in [-0.1, -0.05) is 97.1 Å². The lowest BCUT2D eigenvalue weighted by molar-refractivity contribution is 0.0700. The van der Waals surface area contributed by atoms with Crippen LogP contribution in [0.25, 0.3) is 22.2 Å². The molecule has 238 valence electrons. The fourth-order valence-electron chi connectivity index (χ4n) is 5.66. The summed E-state index contributed by atoms with van der Waals surface area (Å²) >= 11 is 0. The SMILES string of the molecule is COC(=O)N(NC(=O)c1c(CN2CCN(C(=O)OCc3ccccc3)CC2)c(-c2ccccc2)nc2ccccc12)c1ccccc1. The van der Waals surface area contributed by atoms with Crippen LogP contribution in [0.4, 0.5) is 15.3 Å². The van der Waals surface area contributed by atoms with Crippen LogP contribution in [0.3, 0.4) is 0 Å². The zero-order valence-electron chi connectivity index (χ0n) is 26.0. The number of methoxy groups -OCH3 is 1. The van der Waals surface area contributed by atoms with E-state index in [0.29, 0.717) is 66.1 Å². The third-order valence-corrected chi connectivity index (χ3v) is 8.07. The molecule has 0 saturated carbocycles. The molecule has 1 N–H and O–H groups in total. The van der Waals surface area contributed by atoms with Gasteiger partial charge in [0.15, 0.2) is 0 Å².